The SMILES string of the molecule is CC(C)C1Oc2ccc([N+](=O)[O-])cc2N(Cc2cccc(C#N)c2)C1=O. The largest absolute Gasteiger partial charge is 0.478 e. The van der Waals surface area contributed by atoms with Crippen LogP contribution in [0, 0.1) is 27.4 Å². The maximum Gasteiger partial charge on any atom is 0.271 e. The molecule has 26 heavy (non-hydrogen) atoms. The lowest BCUT2D eigenvalue weighted by Gasteiger charge is -2.36. The molecule has 1 atom stereocenters. The number of ether oxygens (including phenoxy) is 1. The number of hydrogen-bond donors (Lipinski definition) is 0. The molecule has 0 bridgehead atoms. The van der Waals surface area contributed by atoms with Crippen molar-refractivity contribution >= 4 is 17.3 Å². The minimum atomic E-state index is -0.664. The summed E-state index contributed by atoms with van der Waals surface area (Å²) in [6.45, 7) is 3.97. The van der Waals surface area contributed by atoms with Gasteiger partial charge < -0.3 is 9.64 Å². The molecule has 2 aromatic rings. The summed E-state index contributed by atoms with van der Waals surface area (Å²) in [7, 11) is 0. The zero-order valence-corrected chi connectivity index (χ0v) is 14.4. The number of benzene rings is 2. The number of amides is 1. The maximum atomic E-state index is 12.9. The normalized spacial score (nSPS) is 16.0. The van der Waals surface area contributed by atoms with Crippen LogP contribution in [-0.2, 0) is 11.3 Å². The summed E-state index contributed by atoms with van der Waals surface area (Å²) >= 11 is 0. The number of fused-ring (bicyclic) bond motifs is 1. The molecule has 1 aliphatic heterocycles. The van der Waals surface area contributed by atoms with Gasteiger partial charge in [0, 0.05) is 12.1 Å². The summed E-state index contributed by atoms with van der Waals surface area (Å²) in [6.07, 6.45) is -0.664. The second kappa shape index (κ2) is 6.84. The number of carbonyl (C=O) groups is 1. The first-order chi connectivity index (χ1) is 12.4. The fraction of sp³-hybridized carbons (Fsp3) is 0.263. The molecule has 1 unspecified atom stereocenters. The van der Waals surface area contributed by atoms with Crippen molar-refractivity contribution in [3.05, 3.63) is 63.7 Å². The van der Waals surface area contributed by atoms with Crippen molar-refractivity contribution in [3.8, 4) is 11.8 Å². The number of nitrogens with zero attached hydrogens (tertiary/aromatic N) is 3. The van der Waals surface area contributed by atoms with Crippen molar-refractivity contribution in [1.29, 1.82) is 5.26 Å². The molecule has 1 aliphatic rings. The van der Waals surface area contributed by atoms with E-state index in [4.69, 9.17) is 10.00 Å². The van der Waals surface area contributed by atoms with E-state index in [-0.39, 0.29) is 24.1 Å². The fourth-order valence-electron chi connectivity index (χ4n) is 2.90. The lowest BCUT2D eigenvalue weighted by atomic mass is 10.0. The van der Waals surface area contributed by atoms with E-state index in [0.29, 0.717) is 17.0 Å². The van der Waals surface area contributed by atoms with E-state index in [0.717, 1.165) is 5.56 Å². The number of non-ortho nitro benzene ring substituents is 1. The highest BCUT2D eigenvalue weighted by Crippen LogP contribution is 2.39. The number of anilines is 1. The minimum absolute atomic E-state index is 0.0567. The van der Waals surface area contributed by atoms with Crippen LogP contribution in [0.3, 0.4) is 0 Å². The van der Waals surface area contributed by atoms with Gasteiger partial charge in [-0.3, -0.25) is 14.9 Å². The number of hydrogen-bond acceptors (Lipinski definition) is 5. The second-order valence-electron chi connectivity index (χ2n) is 6.43. The lowest BCUT2D eigenvalue weighted by molar-refractivity contribution is -0.384. The third-order valence-electron chi connectivity index (χ3n) is 4.21. The Balaban J connectivity index is 2.06. The van der Waals surface area contributed by atoms with Crippen LogP contribution in [0.25, 0.3) is 0 Å². The Morgan fingerprint density at radius 3 is 2.73 bits per heavy atom. The van der Waals surface area contributed by atoms with Gasteiger partial charge in [0.1, 0.15) is 5.75 Å². The van der Waals surface area contributed by atoms with Crippen molar-refractivity contribution in [2.45, 2.75) is 26.5 Å². The Kier molecular flexibility index (Phi) is 4.59. The van der Waals surface area contributed by atoms with Crippen LogP contribution in [0.15, 0.2) is 42.5 Å². The fourth-order valence-corrected chi connectivity index (χ4v) is 2.90. The molecule has 3 rings (SSSR count). The van der Waals surface area contributed by atoms with Gasteiger partial charge in [0.25, 0.3) is 11.6 Å². The summed E-state index contributed by atoms with van der Waals surface area (Å²) in [4.78, 5) is 25.0. The number of nitro benzene ring substituents is 1. The van der Waals surface area contributed by atoms with Crippen molar-refractivity contribution in [3.63, 3.8) is 0 Å². The van der Waals surface area contributed by atoms with Crippen molar-refractivity contribution in [1.82, 2.24) is 0 Å². The third-order valence-corrected chi connectivity index (χ3v) is 4.21. The summed E-state index contributed by atoms with van der Waals surface area (Å²) in [5, 5.41) is 20.2. The molecule has 7 nitrogen and oxygen atoms in total. The Bertz CT molecular complexity index is 917. The van der Waals surface area contributed by atoms with E-state index < -0.39 is 11.0 Å². The molecule has 0 N–H and O–H groups in total. The molecule has 0 saturated carbocycles. The zero-order chi connectivity index (χ0) is 18.8. The van der Waals surface area contributed by atoms with Crippen LogP contribution in [0.1, 0.15) is 25.0 Å². The lowest BCUT2D eigenvalue weighted by Crippen LogP contribution is -2.48. The Morgan fingerprint density at radius 2 is 2.08 bits per heavy atom. The van der Waals surface area contributed by atoms with Gasteiger partial charge in [-0.15, -0.1) is 0 Å². The number of nitriles is 1. The molecule has 0 fully saturated rings. The van der Waals surface area contributed by atoms with Crippen LogP contribution >= 0.6 is 0 Å². The van der Waals surface area contributed by atoms with Crippen LogP contribution in [0.2, 0.25) is 0 Å². The van der Waals surface area contributed by atoms with E-state index in [9.17, 15) is 14.9 Å². The van der Waals surface area contributed by atoms with E-state index >= 15 is 0 Å². The van der Waals surface area contributed by atoms with Crippen LogP contribution in [0.4, 0.5) is 11.4 Å². The summed E-state index contributed by atoms with van der Waals surface area (Å²) in [5.74, 6) is 0.125. The first-order valence-corrected chi connectivity index (χ1v) is 8.16. The van der Waals surface area contributed by atoms with E-state index in [1.807, 2.05) is 19.9 Å². The molecule has 132 valence electrons. The van der Waals surface area contributed by atoms with E-state index in [1.165, 1.54) is 23.1 Å². The van der Waals surface area contributed by atoms with E-state index in [2.05, 4.69) is 6.07 Å². The quantitative estimate of drug-likeness (QED) is 0.621. The molecule has 0 saturated heterocycles. The highest BCUT2D eigenvalue weighted by atomic mass is 16.6. The third kappa shape index (κ3) is 3.22. The van der Waals surface area contributed by atoms with Gasteiger partial charge >= 0.3 is 0 Å². The van der Waals surface area contributed by atoms with Crippen LogP contribution in [0.5, 0.6) is 5.75 Å². The number of rotatable bonds is 4. The van der Waals surface area contributed by atoms with Gasteiger partial charge in [-0.2, -0.15) is 5.26 Å². The highest BCUT2D eigenvalue weighted by Gasteiger charge is 2.37. The predicted octanol–water partition coefficient (Wildman–Crippen LogP) is 3.42. The number of nitro groups is 1. The average molecular weight is 351 g/mol. The maximum absolute atomic E-state index is 12.9. The molecule has 2 aromatic carbocycles. The highest BCUT2D eigenvalue weighted by molar-refractivity contribution is 6.00. The Morgan fingerprint density at radius 1 is 1.31 bits per heavy atom. The second-order valence-corrected chi connectivity index (χ2v) is 6.43. The smallest absolute Gasteiger partial charge is 0.271 e. The molecule has 7 heteroatoms. The summed E-state index contributed by atoms with van der Waals surface area (Å²) < 4.78 is 5.79. The predicted molar refractivity (Wildman–Crippen MR) is 94.7 cm³/mol. The van der Waals surface area contributed by atoms with Crippen LogP contribution < -0.4 is 9.64 Å². The van der Waals surface area contributed by atoms with E-state index in [1.54, 1.807) is 18.2 Å². The number of carbonyl (C=O) groups excluding carboxylic acids is 1. The molecule has 0 radical (unpaired) electrons. The average Bonchev–Trinajstić information content (AvgIpc) is 2.63. The first kappa shape index (κ1) is 17.4. The molecule has 0 aliphatic carbocycles. The zero-order valence-electron chi connectivity index (χ0n) is 14.4. The van der Waals surface area contributed by atoms with Gasteiger partial charge in [0.2, 0.25) is 0 Å². The first-order valence-electron chi connectivity index (χ1n) is 8.16. The monoisotopic (exact) mass is 351 g/mol. The Labute approximate surface area is 150 Å². The van der Waals surface area contributed by atoms with Gasteiger partial charge in [0.05, 0.1) is 28.8 Å². The topological polar surface area (TPSA) is 96.5 Å². The summed E-state index contributed by atoms with van der Waals surface area (Å²) in [6, 6.07) is 13.2. The van der Waals surface area contributed by atoms with Crippen molar-refractivity contribution in [2.75, 3.05) is 4.90 Å². The minimum Gasteiger partial charge on any atom is -0.478 e. The van der Waals surface area contributed by atoms with Crippen LogP contribution in [-0.4, -0.2) is 16.9 Å². The molecular weight excluding hydrogens is 334 g/mol. The van der Waals surface area contributed by atoms with Crippen molar-refractivity contribution < 1.29 is 14.5 Å². The standard InChI is InChI=1S/C19H17N3O4/c1-12(2)18-19(23)21(11-14-5-3-4-13(8-14)10-20)16-9-15(22(24)25)6-7-17(16)26-18/h3-9,12,18H,11H2,1-2H3. The van der Waals surface area contributed by atoms with Gasteiger partial charge in [0.15, 0.2) is 6.10 Å². The van der Waals surface area contributed by atoms with Crippen molar-refractivity contribution in [2.24, 2.45) is 5.92 Å². The molecular formula is C19H17N3O4. The van der Waals surface area contributed by atoms with Gasteiger partial charge in [-0.1, -0.05) is 26.0 Å². The molecule has 0 aromatic heterocycles. The molecule has 1 heterocycles. The van der Waals surface area contributed by atoms with Gasteiger partial charge in [-0.25, -0.2) is 0 Å². The Hall–Kier alpha value is -3.40. The molecule has 1 amide bonds. The molecule has 0 spiro atoms. The summed E-state index contributed by atoms with van der Waals surface area (Å²) in [5.41, 5.74) is 1.50. The van der Waals surface area contributed by atoms with Gasteiger partial charge in [-0.05, 0) is 29.7 Å².